The van der Waals surface area contributed by atoms with Crippen LogP contribution in [-0.4, -0.2) is 5.60 Å². The van der Waals surface area contributed by atoms with E-state index in [2.05, 4.69) is 15.9 Å². The van der Waals surface area contributed by atoms with Crippen LogP contribution in [0.3, 0.4) is 0 Å². The molecule has 0 aromatic heterocycles. The highest BCUT2D eigenvalue weighted by Gasteiger charge is 2.10. The monoisotopic (exact) mass is 260 g/mol. The van der Waals surface area contributed by atoms with E-state index in [1.165, 1.54) is 6.07 Å². The first-order valence-electron chi connectivity index (χ1n) is 4.46. The lowest BCUT2D eigenvalue weighted by atomic mass is 10.2. The smallest absolute Gasteiger partial charge is 0.137 e. The Bertz CT molecular complexity index is 318. The number of benzene rings is 1. The molecule has 1 rings (SSSR count). The summed E-state index contributed by atoms with van der Waals surface area (Å²) in [5, 5.41) is 0. The molecule has 0 fully saturated rings. The summed E-state index contributed by atoms with van der Waals surface area (Å²) >= 11 is 3.14. The molecular formula is C11H14BrFO. The van der Waals surface area contributed by atoms with Crippen LogP contribution in [0.5, 0.6) is 0 Å². The normalized spacial score (nSPS) is 11.8. The summed E-state index contributed by atoms with van der Waals surface area (Å²) in [6, 6.07) is 4.90. The van der Waals surface area contributed by atoms with E-state index in [0.717, 1.165) is 5.56 Å². The van der Waals surface area contributed by atoms with Crippen LogP contribution < -0.4 is 0 Å². The van der Waals surface area contributed by atoms with E-state index in [1.54, 1.807) is 12.1 Å². The summed E-state index contributed by atoms with van der Waals surface area (Å²) < 4.78 is 18.9. The third-order valence-corrected chi connectivity index (χ3v) is 2.26. The first kappa shape index (κ1) is 11.7. The second-order valence-corrected chi connectivity index (χ2v) is 5.00. The van der Waals surface area contributed by atoms with Gasteiger partial charge < -0.3 is 4.74 Å². The summed E-state index contributed by atoms with van der Waals surface area (Å²) in [6.07, 6.45) is 0. The number of rotatable bonds is 2. The van der Waals surface area contributed by atoms with E-state index in [-0.39, 0.29) is 11.4 Å². The Labute approximate surface area is 92.4 Å². The highest BCUT2D eigenvalue weighted by Crippen LogP contribution is 2.19. The van der Waals surface area contributed by atoms with Crippen LogP contribution in [0.4, 0.5) is 4.39 Å². The van der Waals surface area contributed by atoms with E-state index in [0.29, 0.717) is 11.1 Å². The molecule has 0 unspecified atom stereocenters. The van der Waals surface area contributed by atoms with E-state index in [1.807, 2.05) is 20.8 Å². The van der Waals surface area contributed by atoms with Crippen molar-refractivity contribution in [3.63, 3.8) is 0 Å². The van der Waals surface area contributed by atoms with Gasteiger partial charge >= 0.3 is 0 Å². The average Bonchev–Trinajstić information content (AvgIpc) is 2.06. The zero-order chi connectivity index (χ0) is 10.8. The van der Waals surface area contributed by atoms with Gasteiger partial charge in [-0.3, -0.25) is 0 Å². The predicted molar refractivity (Wildman–Crippen MR) is 58.6 cm³/mol. The number of ether oxygens (including phenoxy) is 1. The van der Waals surface area contributed by atoms with E-state index in [4.69, 9.17) is 4.74 Å². The fourth-order valence-electron chi connectivity index (χ4n) is 0.929. The molecule has 1 aromatic carbocycles. The molecule has 0 bridgehead atoms. The third-order valence-electron chi connectivity index (χ3n) is 1.66. The first-order valence-corrected chi connectivity index (χ1v) is 5.26. The van der Waals surface area contributed by atoms with Gasteiger partial charge in [0, 0.05) is 0 Å². The quantitative estimate of drug-likeness (QED) is 0.784. The topological polar surface area (TPSA) is 9.23 Å². The molecule has 0 heterocycles. The molecule has 14 heavy (non-hydrogen) atoms. The number of halogens is 2. The van der Waals surface area contributed by atoms with Gasteiger partial charge in [-0.05, 0) is 54.4 Å². The standard InChI is InChI=1S/C11H14BrFO/c1-11(2,3)14-7-8-4-5-10(13)9(12)6-8/h4-6H,7H2,1-3H3. The first-order chi connectivity index (χ1) is 6.38. The largest absolute Gasteiger partial charge is 0.371 e. The molecule has 1 aromatic rings. The van der Waals surface area contributed by atoms with Gasteiger partial charge in [0.15, 0.2) is 0 Å². The SMILES string of the molecule is CC(C)(C)OCc1ccc(F)c(Br)c1. The molecule has 0 N–H and O–H groups in total. The lowest BCUT2D eigenvalue weighted by Gasteiger charge is -2.19. The van der Waals surface area contributed by atoms with Gasteiger partial charge in [0.2, 0.25) is 0 Å². The minimum atomic E-state index is -0.246. The van der Waals surface area contributed by atoms with Crippen LogP contribution in [0.15, 0.2) is 22.7 Å². The van der Waals surface area contributed by atoms with Crippen molar-refractivity contribution in [2.45, 2.75) is 33.0 Å². The van der Waals surface area contributed by atoms with Gasteiger partial charge in [-0.2, -0.15) is 0 Å². The molecule has 0 aliphatic rings. The van der Waals surface area contributed by atoms with Crippen molar-refractivity contribution < 1.29 is 9.13 Å². The van der Waals surface area contributed by atoms with Gasteiger partial charge in [-0.15, -0.1) is 0 Å². The van der Waals surface area contributed by atoms with Crippen molar-refractivity contribution in [2.75, 3.05) is 0 Å². The molecule has 78 valence electrons. The third kappa shape index (κ3) is 3.76. The van der Waals surface area contributed by atoms with Crippen molar-refractivity contribution in [3.8, 4) is 0 Å². The van der Waals surface area contributed by atoms with Gasteiger partial charge in [-0.25, -0.2) is 4.39 Å². The minimum Gasteiger partial charge on any atom is -0.371 e. The predicted octanol–water partition coefficient (Wildman–Crippen LogP) is 3.90. The lowest BCUT2D eigenvalue weighted by molar-refractivity contribution is -0.0149. The summed E-state index contributed by atoms with van der Waals surface area (Å²) in [7, 11) is 0. The summed E-state index contributed by atoms with van der Waals surface area (Å²) in [5.74, 6) is -0.246. The minimum absolute atomic E-state index is 0.166. The molecule has 0 aliphatic heterocycles. The van der Waals surface area contributed by atoms with E-state index < -0.39 is 0 Å². The van der Waals surface area contributed by atoms with Crippen LogP contribution in [0, 0.1) is 5.82 Å². The number of hydrogen-bond acceptors (Lipinski definition) is 1. The Hall–Kier alpha value is -0.410. The van der Waals surface area contributed by atoms with Crippen molar-refractivity contribution in [1.82, 2.24) is 0 Å². The summed E-state index contributed by atoms with van der Waals surface area (Å²) in [6.45, 7) is 6.48. The zero-order valence-electron chi connectivity index (χ0n) is 8.60. The van der Waals surface area contributed by atoms with Crippen molar-refractivity contribution >= 4 is 15.9 Å². The van der Waals surface area contributed by atoms with Crippen molar-refractivity contribution in [1.29, 1.82) is 0 Å². The van der Waals surface area contributed by atoms with Gasteiger partial charge in [0.05, 0.1) is 16.7 Å². The van der Waals surface area contributed by atoms with Gasteiger partial charge in [0.1, 0.15) is 5.82 Å². The van der Waals surface area contributed by atoms with Crippen LogP contribution in [0.2, 0.25) is 0 Å². The van der Waals surface area contributed by atoms with Crippen molar-refractivity contribution in [2.24, 2.45) is 0 Å². The molecule has 0 atom stereocenters. The molecular weight excluding hydrogens is 247 g/mol. The second kappa shape index (κ2) is 4.41. The maximum atomic E-state index is 12.9. The van der Waals surface area contributed by atoms with E-state index in [9.17, 15) is 4.39 Å². The van der Waals surface area contributed by atoms with Crippen LogP contribution in [-0.2, 0) is 11.3 Å². The fourth-order valence-corrected chi connectivity index (χ4v) is 1.36. The molecule has 0 amide bonds. The highest BCUT2D eigenvalue weighted by atomic mass is 79.9. The molecule has 3 heteroatoms. The Kier molecular flexibility index (Phi) is 3.67. The van der Waals surface area contributed by atoms with Crippen molar-refractivity contribution in [3.05, 3.63) is 34.1 Å². The maximum absolute atomic E-state index is 12.9. The van der Waals surface area contributed by atoms with Crippen LogP contribution in [0.1, 0.15) is 26.3 Å². The Balaban J connectivity index is 2.65. The maximum Gasteiger partial charge on any atom is 0.137 e. The molecule has 0 saturated heterocycles. The molecule has 1 nitrogen and oxygen atoms in total. The number of hydrogen-bond donors (Lipinski definition) is 0. The van der Waals surface area contributed by atoms with Gasteiger partial charge in [-0.1, -0.05) is 6.07 Å². The fraction of sp³-hybridized carbons (Fsp3) is 0.455. The zero-order valence-corrected chi connectivity index (χ0v) is 10.2. The second-order valence-electron chi connectivity index (χ2n) is 4.15. The van der Waals surface area contributed by atoms with E-state index >= 15 is 0 Å². The van der Waals surface area contributed by atoms with Gasteiger partial charge in [0.25, 0.3) is 0 Å². The molecule has 0 aliphatic carbocycles. The summed E-state index contributed by atoms with van der Waals surface area (Å²) in [5.41, 5.74) is 0.800. The highest BCUT2D eigenvalue weighted by molar-refractivity contribution is 9.10. The lowest BCUT2D eigenvalue weighted by Crippen LogP contribution is -2.18. The van der Waals surface area contributed by atoms with Crippen LogP contribution in [0.25, 0.3) is 0 Å². The average molecular weight is 261 g/mol. The molecule has 0 spiro atoms. The summed E-state index contributed by atoms with van der Waals surface area (Å²) in [4.78, 5) is 0. The molecule has 0 radical (unpaired) electrons. The Morgan fingerprint density at radius 2 is 2.00 bits per heavy atom. The Morgan fingerprint density at radius 1 is 1.36 bits per heavy atom. The molecule has 0 saturated carbocycles. The Morgan fingerprint density at radius 3 is 2.50 bits per heavy atom. The van der Waals surface area contributed by atoms with Crippen LogP contribution >= 0.6 is 15.9 Å².